The van der Waals surface area contributed by atoms with E-state index in [0.717, 1.165) is 46.4 Å². The van der Waals surface area contributed by atoms with Crippen molar-refractivity contribution in [3.8, 4) is 16.9 Å². The van der Waals surface area contributed by atoms with Gasteiger partial charge in [-0.3, -0.25) is 4.79 Å². The summed E-state index contributed by atoms with van der Waals surface area (Å²) in [5, 5.41) is 17.5. The number of carbonyl (C=O) groups excluding carboxylic acids is 1. The molecule has 5 rings (SSSR count). The number of nitrogens with two attached hydrogens (primary N) is 1. The molecule has 180 valence electrons. The van der Waals surface area contributed by atoms with Gasteiger partial charge in [0.15, 0.2) is 0 Å². The molecule has 0 unspecified atom stereocenters. The second-order valence-corrected chi connectivity index (χ2v) is 8.79. The van der Waals surface area contributed by atoms with Crippen LogP contribution in [-0.2, 0) is 11.3 Å². The van der Waals surface area contributed by atoms with Gasteiger partial charge in [-0.05, 0) is 48.7 Å². The lowest BCUT2D eigenvalue weighted by atomic mass is 10.1. The van der Waals surface area contributed by atoms with E-state index >= 15 is 0 Å². The number of hydrogen-bond donors (Lipinski definition) is 5. The number of carbonyl (C=O) groups is 1. The quantitative estimate of drug-likeness (QED) is 0.251. The molecule has 1 saturated carbocycles. The van der Waals surface area contributed by atoms with Crippen molar-refractivity contribution in [2.24, 2.45) is 5.73 Å². The second kappa shape index (κ2) is 9.63. The predicted octanol–water partition coefficient (Wildman–Crippen LogP) is 4.67. The third-order valence-electron chi connectivity index (χ3n) is 6.34. The highest BCUT2D eigenvalue weighted by Crippen LogP contribution is 2.36. The van der Waals surface area contributed by atoms with E-state index in [9.17, 15) is 9.90 Å². The van der Waals surface area contributed by atoms with Gasteiger partial charge in [-0.15, -0.1) is 0 Å². The first-order valence-electron chi connectivity index (χ1n) is 11.7. The van der Waals surface area contributed by atoms with Crippen molar-refractivity contribution in [2.45, 2.75) is 38.3 Å². The molecule has 35 heavy (non-hydrogen) atoms. The maximum absolute atomic E-state index is 11.6. The van der Waals surface area contributed by atoms with Crippen molar-refractivity contribution in [2.75, 3.05) is 17.7 Å². The summed E-state index contributed by atoms with van der Waals surface area (Å²) < 4.78 is 5.32. The van der Waals surface area contributed by atoms with Crippen molar-refractivity contribution in [3.05, 3.63) is 59.8 Å². The van der Waals surface area contributed by atoms with Gasteiger partial charge >= 0.3 is 0 Å². The van der Waals surface area contributed by atoms with E-state index in [1.165, 1.54) is 12.8 Å². The first-order valence-corrected chi connectivity index (χ1v) is 11.7. The summed E-state index contributed by atoms with van der Waals surface area (Å²) in [5.41, 5.74) is 9.96. The molecule has 0 saturated heterocycles. The number of aromatic amines is 1. The molecule has 1 aliphatic carbocycles. The summed E-state index contributed by atoms with van der Waals surface area (Å²) in [7, 11) is 1.59. The van der Waals surface area contributed by atoms with Gasteiger partial charge in [0.1, 0.15) is 17.2 Å². The van der Waals surface area contributed by atoms with Crippen LogP contribution in [0.25, 0.3) is 22.2 Å². The van der Waals surface area contributed by atoms with Crippen LogP contribution in [0.2, 0.25) is 0 Å². The van der Waals surface area contributed by atoms with Gasteiger partial charge in [0.05, 0.1) is 12.0 Å². The summed E-state index contributed by atoms with van der Waals surface area (Å²) in [6.45, 7) is 0.298. The normalized spacial score (nSPS) is 13.9. The molecule has 6 N–H and O–H groups in total. The predicted molar refractivity (Wildman–Crippen MR) is 136 cm³/mol. The lowest BCUT2D eigenvalue weighted by Gasteiger charge is -2.17. The van der Waals surface area contributed by atoms with E-state index in [4.69, 9.17) is 20.4 Å². The molecule has 2 heterocycles. The Hall–Kier alpha value is -4.11. The van der Waals surface area contributed by atoms with Crippen LogP contribution in [0.3, 0.4) is 0 Å². The molecule has 2 aromatic heterocycles. The summed E-state index contributed by atoms with van der Waals surface area (Å²) in [6, 6.07) is 12.6. The number of aromatic hydroxyl groups is 1. The number of nitrogens with one attached hydrogen (secondary N) is 3. The van der Waals surface area contributed by atoms with Gasteiger partial charge in [-0.2, -0.15) is 9.97 Å². The summed E-state index contributed by atoms with van der Waals surface area (Å²) in [4.78, 5) is 24.5. The smallest absolute Gasteiger partial charge is 0.248 e. The monoisotopic (exact) mass is 472 g/mol. The Morgan fingerprint density at radius 3 is 2.66 bits per heavy atom. The Bertz CT molecular complexity index is 1360. The highest BCUT2D eigenvalue weighted by Gasteiger charge is 2.21. The topological polar surface area (TPSA) is 138 Å². The fraction of sp³-hybridized carbons (Fsp3) is 0.269. The Labute approximate surface area is 202 Å². The zero-order valence-corrected chi connectivity index (χ0v) is 19.5. The Morgan fingerprint density at radius 1 is 1.17 bits per heavy atom. The Kier molecular flexibility index (Phi) is 6.24. The van der Waals surface area contributed by atoms with Crippen molar-refractivity contribution in [3.63, 3.8) is 0 Å². The van der Waals surface area contributed by atoms with Crippen LogP contribution in [0.4, 0.5) is 17.5 Å². The number of amides is 1. The van der Waals surface area contributed by atoms with Crippen molar-refractivity contribution < 1.29 is 14.6 Å². The van der Waals surface area contributed by atoms with Gasteiger partial charge in [0, 0.05) is 41.7 Å². The van der Waals surface area contributed by atoms with Crippen molar-refractivity contribution in [1.82, 2.24) is 15.0 Å². The maximum Gasteiger partial charge on any atom is 0.248 e. The number of benzene rings is 2. The van der Waals surface area contributed by atoms with Gasteiger partial charge in [0.25, 0.3) is 0 Å². The largest absolute Gasteiger partial charge is 0.508 e. The van der Waals surface area contributed by atoms with E-state index in [0.29, 0.717) is 29.8 Å². The van der Waals surface area contributed by atoms with Crippen LogP contribution in [-0.4, -0.2) is 39.1 Å². The molecule has 2 aromatic carbocycles. The average Bonchev–Trinajstić information content (AvgIpc) is 3.51. The average molecular weight is 473 g/mol. The number of methoxy groups -OCH3 is 1. The number of aromatic nitrogens is 3. The molecule has 1 aliphatic rings. The standard InChI is InChI=1S/C26H28N6O3/c1-35-14-17-12-16(23(27)34)8-11-21(17)30-26-31-24-22(25(32-26)29-18-4-2-3-5-18)20(13-28-24)15-6-9-19(33)10-7-15/h6-13,18,33H,2-5,14H2,1H3,(H2,27,34)(H3,28,29,30,31,32). The molecule has 0 spiro atoms. The Balaban J connectivity index is 1.57. The molecule has 0 atom stereocenters. The third kappa shape index (κ3) is 4.76. The van der Waals surface area contributed by atoms with E-state index < -0.39 is 5.91 Å². The minimum Gasteiger partial charge on any atom is -0.508 e. The van der Waals surface area contributed by atoms with Crippen molar-refractivity contribution >= 4 is 34.4 Å². The molecule has 0 aliphatic heterocycles. The molecule has 9 nitrogen and oxygen atoms in total. The molecule has 9 heteroatoms. The molecule has 0 bridgehead atoms. The number of ether oxygens (including phenoxy) is 1. The zero-order chi connectivity index (χ0) is 24.4. The zero-order valence-electron chi connectivity index (χ0n) is 19.5. The number of phenols is 1. The molecule has 1 amide bonds. The first-order chi connectivity index (χ1) is 17.0. The van der Waals surface area contributed by atoms with Crippen LogP contribution in [0, 0.1) is 0 Å². The molecule has 0 radical (unpaired) electrons. The SMILES string of the molecule is COCc1cc(C(N)=O)ccc1Nc1nc(NC2CCCC2)c2c(-c3ccc(O)cc3)c[nH]c2n1. The van der Waals surface area contributed by atoms with Crippen LogP contribution < -0.4 is 16.4 Å². The summed E-state index contributed by atoms with van der Waals surface area (Å²) in [5.74, 6) is 0.884. The van der Waals surface area contributed by atoms with Crippen molar-refractivity contribution in [1.29, 1.82) is 0 Å². The fourth-order valence-electron chi connectivity index (χ4n) is 4.59. The molecular weight excluding hydrogens is 444 g/mol. The van der Waals surface area contributed by atoms with Gasteiger partial charge in [0.2, 0.25) is 11.9 Å². The molecular formula is C26H28N6O3. The van der Waals surface area contributed by atoms with E-state index in [-0.39, 0.29) is 5.75 Å². The summed E-state index contributed by atoms with van der Waals surface area (Å²) in [6.07, 6.45) is 6.50. The Morgan fingerprint density at radius 2 is 1.94 bits per heavy atom. The minimum atomic E-state index is -0.497. The lowest BCUT2D eigenvalue weighted by Crippen LogP contribution is -2.16. The fourth-order valence-corrected chi connectivity index (χ4v) is 4.59. The highest BCUT2D eigenvalue weighted by atomic mass is 16.5. The number of H-pyrrole nitrogens is 1. The van der Waals surface area contributed by atoms with Gasteiger partial charge in [-0.25, -0.2) is 0 Å². The third-order valence-corrected chi connectivity index (χ3v) is 6.34. The number of phenolic OH excluding ortho intramolecular Hbond substituents is 1. The summed E-state index contributed by atoms with van der Waals surface area (Å²) >= 11 is 0. The van der Waals surface area contributed by atoms with Crippen LogP contribution in [0.15, 0.2) is 48.7 Å². The van der Waals surface area contributed by atoms with Crippen LogP contribution in [0.5, 0.6) is 5.75 Å². The maximum atomic E-state index is 11.6. The number of rotatable bonds is 8. The van der Waals surface area contributed by atoms with Gasteiger partial charge in [-0.1, -0.05) is 25.0 Å². The van der Waals surface area contributed by atoms with Crippen LogP contribution in [0.1, 0.15) is 41.6 Å². The lowest BCUT2D eigenvalue weighted by molar-refractivity contribution is 0.1000. The molecule has 4 aromatic rings. The van der Waals surface area contributed by atoms with E-state index in [1.54, 1.807) is 37.4 Å². The number of hydrogen-bond acceptors (Lipinski definition) is 7. The highest BCUT2D eigenvalue weighted by molar-refractivity contribution is 6.01. The van der Waals surface area contributed by atoms with E-state index in [1.807, 2.05) is 18.3 Å². The number of fused-ring (bicyclic) bond motifs is 1. The molecule has 1 fully saturated rings. The van der Waals surface area contributed by atoms with E-state index in [2.05, 4.69) is 15.6 Å². The van der Waals surface area contributed by atoms with Gasteiger partial charge < -0.3 is 31.2 Å². The number of anilines is 3. The number of primary amides is 1. The van der Waals surface area contributed by atoms with Crippen LogP contribution >= 0.6 is 0 Å². The minimum absolute atomic E-state index is 0.217. The number of nitrogens with zero attached hydrogens (tertiary/aromatic N) is 2. The second-order valence-electron chi connectivity index (χ2n) is 8.79. The first kappa shape index (κ1) is 22.7.